The predicted molar refractivity (Wildman–Crippen MR) is 67.8 cm³/mol. The van der Waals surface area contributed by atoms with Gasteiger partial charge in [0.1, 0.15) is 0 Å². The Balaban J connectivity index is 1.85. The monoisotopic (exact) mass is 237 g/mol. The molecular formula is C13H23N3O. The minimum absolute atomic E-state index is 0.462. The van der Waals surface area contributed by atoms with Crippen molar-refractivity contribution in [1.82, 2.24) is 14.7 Å². The van der Waals surface area contributed by atoms with E-state index in [0.29, 0.717) is 0 Å². The Hall–Kier alpha value is -0.870. The van der Waals surface area contributed by atoms with E-state index in [9.17, 15) is 5.11 Å². The summed E-state index contributed by atoms with van der Waals surface area (Å²) in [7, 11) is 1.96. The van der Waals surface area contributed by atoms with Crippen molar-refractivity contribution in [3.63, 3.8) is 0 Å². The molecule has 0 bridgehead atoms. The molecule has 4 heteroatoms. The number of piperidine rings is 1. The normalized spacial score (nSPS) is 20.6. The minimum Gasteiger partial charge on any atom is -0.390 e. The quantitative estimate of drug-likeness (QED) is 0.855. The highest BCUT2D eigenvalue weighted by Gasteiger charge is 2.31. The number of nitrogens with zero attached hydrogens (tertiary/aromatic N) is 3. The van der Waals surface area contributed by atoms with Crippen LogP contribution in [0.4, 0.5) is 0 Å². The Labute approximate surface area is 103 Å². The second-order valence-corrected chi connectivity index (χ2v) is 5.10. The molecule has 1 N–H and O–H groups in total. The van der Waals surface area contributed by atoms with E-state index in [1.807, 2.05) is 24.0 Å². The molecule has 17 heavy (non-hydrogen) atoms. The van der Waals surface area contributed by atoms with E-state index in [1.165, 1.54) is 5.69 Å². The standard InChI is InChI=1S/C13H23N3O/c1-3-16-10-7-13(17,8-11-16)6-4-12-5-9-14-15(12)2/h5,9,17H,3-4,6-8,10-11H2,1-2H3. The fraction of sp³-hybridized carbons (Fsp3) is 0.769. The van der Waals surface area contributed by atoms with Crippen LogP contribution in [0.5, 0.6) is 0 Å². The molecule has 96 valence electrons. The SMILES string of the molecule is CCN1CCC(O)(CCc2ccnn2C)CC1. The fourth-order valence-electron chi connectivity index (χ4n) is 2.54. The van der Waals surface area contributed by atoms with Crippen LogP contribution in [-0.2, 0) is 13.5 Å². The van der Waals surface area contributed by atoms with Crippen molar-refractivity contribution in [2.45, 2.75) is 38.2 Å². The van der Waals surface area contributed by atoms with Gasteiger partial charge in [-0.1, -0.05) is 6.92 Å². The molecule has 2 rings (SSSR count). The van der Waals surface area contributed by atoms with Crippen LogP contribution in [0, 0.1) is 0 Å². The van der Waals surface area contributed by atoms with Gasteiger partial charge in [0.25, 0.3) is 0 Å². The summed E-state index contributed by atoms with van der Waals surface area (Å²) >= 11 is 0. The maximum absolute atomic E-state index is 10.5. The molecule has 0 aromatic carbocycles. The summed E-state index contributed by atoms with van der Waals surface area (Å²) in [6, 6.07) is 2.03. The summed E-state index contributed by atoms with van der Waals surface area (Å²) in [4.78, 5) is 2.40. The van der Waals surface area contributed by atoms with Crippen LogP contribution >= 0.6 is 0 Å². The number of aryl methyl sites for hydroxylation is 2. The molecule has 0 unspecified atom stereocenters. The van der Waals surface area contributed by atoms with Crippen LogP contribution in [0.3, 0.4) is 0 Å². The molecule has 1 aromatic rings. The van der Waals surface area contributed by atoms with Gasteiger partial charge in [-0.05, 0) is 38.3 Å². The molecule has 4 nitrogen and oxygen atoms in total. The zero-order chi connectivity index (χ0) is 12.3. The third-order valence-electron chi connectivity index (χ3n) is 4.00. The lowest BCUT2D eigenvalue weighted by molar-refractivity contribution is -0.0264. The maximum Gasteiger partial charge on any atom is 0.0675 e. The predicted octanol–water partition coefficient (Wildman–Crippen LogP) is 1.20. The van der Waals surface area contributed by atoms with Crippen molar-refractivity contribution in [1.29, 1.82) is 0 Å². The Bertz CT molecular complexity index is 353. The zero-order valence-electron chi connectivity index (χ0n) is 10.9. The number of aromatic nitrogens is 2. The Morgan fingerprint density at radius 1 is 1.41 bits per heavy atom. The van der Waals surface area contributed by atoms with E-state index in [-0.39, 0.29) is 0 Å². The van der Waals surface area contributed by atoms with Gasteiger partial charge < -0.3 is 10.0 Å². The summed E-state index contributed by atoms with van der Waals surface area (Å²) in [6.45, 7) is 5.33. The topological polar surface area (TPSA) is 41.3 Å². The highest BCUT2D eigenvalue weighted by Crippen LogP contribution is 2.26. The molecule has 1 aliphatic heterocycles. The lowest BCUT2D eigenvalue weighted by atomic mass is 9.86. The van der Waals surface area contributed by atoms with E-state index in [0.717, 1.165) is 45.3 Å². The van der Waals surface area contributed by atoms with E-state index in [1.54, 1.807) is 0 Å². The number of aliphatic hydroxyl groups is 1. The van der Waals surface area contributed by atoms with Crippen LogP contribution in [-0.4, -0.2) is 45.0 Å². The third kappa shape index (κ3) is 3.07. The number of rotatable bonds is 4. The van der Waals surface area contributed by atoms with Gasteiger partial charge in [0.2, 0.25) is 0 Å². The summed E-state index contributed by atoms with van der Waals surface area (Å²) in [6.07, 6.45) is 5.39. The average Bonchev–Trinajstić information content (AvgIpc) is 2.74. The Morgan fingerprint density at radius 3 is 2.65 bits per heavy atom. The van der Waals surface area contributed by atoms with Gasteiger partial charge in [0.15, 0.2) is 0 Å². The van der Waals surface area contributed by atoms with Gasteiger partial charge in [-0.2, -0.15) is 5.10 Å². The lowest BCUT2D eigenvalue weighted by Gasteiger charge is -2.37. The summed E-state index contributed by atoms with van der Waals surface area (Å²) in [5.74, 6) is 0. The largest absolute Gasteiger partial charge is 0.390 e. The van der Waals surface area contributed by atoms with E-state index in [2.05, 4.69) is 16.9 Å². The van der Waals surface area contributed by atoms with Crippen LogP contribution < -0.4 is 0 Å². The molecular weight excluding hydrogens is 214 g/mol. The molecule has 2 heterocycles. The Morgan fingerprint density at radius 2 is 2.12 bits per heavy atom. The van der Waals surface area contributed by atoms with Crippen molar-refractivity contribution in [2.75, 3.05) is 19.6 Å². The summed E-state index contributed by atoms with van der Waals surface area (Å²) in [5, 5.41) is 14.7. The summed E-state index contributed by atoms with van der Waals surface area (Å²) < 4.78 is 1.89. The summed E-state index contributed by atoms with van der Waals surface area (Å²) in [5.41, 5.74) is 0.743. The van der Waals surface area contributed by atoms with E-state index in [4.69, 9.17) is 0 Å². The molecule has 1 aliphatic rings. The third-order valence-corrected chi connectivity index (χ3v) is 4.00. The molecule has 0 aliphatic carbocycles. The number of hydrogen-bond donors (Lipinski definition) is 1. The zero-order valence-corrected chi connectivity index (χ0v) is 10.9. The molecule has 1 saturated heterocycles. The van der Waals surface area contributed by atoms with Crippen LogP contribution in [0.1, 0.15) is 31.9 Å². The van der Waals surface area contributed by atoms with Gasteiger partial charge in [0, 0.05) is 32.0 Å². The maximum atomic E-state index is 10.5. The Kier molecular flexibility index (Phi) is 3.84. The molecule has 1 aromatic heterocycles. The number of likely N-dealkylation sites (tertiary alicyclic amines) is 1. The lowest BCUT2D eigenvalue weighted by Crippen LogP contribution is -2.44. The molecule has 0 amide bonds. The van der Waals surface area contributed by atoms with Crippen molar-refractivity contribution in [3.05, 3.63) is 18.0 Å². The van der Waals surface area contributed by atoms with Crippen LogP contribution in [0.25, 0.3) is 0 Å². The van der Waals surface area contributed by atoms with Gasteiger partial charge in [-0.15, -0.1) is 0 Å². The number of hydrogen-bond acceptors (Lipinski definition) is 3. The molecule has 0 spiro atoms. The second kappa shape index (κ2) is 5.19. The molecule has 0 saturated carbocycles. The van der Waals surface area contributed by atoms with Crippen LogP contribution in [0.2, 0.25) is 0 Å². The second-order valence-electron chi connectivity index (χ2n) is 5.10. The first-order valence-corrected chi connectivity index (χ1v) is 6.54. The first-order valence-electron chi connectivity index (χ1n) is 6.54. The van der Waals surface area contributed by atoms with Gasteiger partial charge in [0.05, 0.1) is 5.60 Å². The smallest absolute Gasteiger partial charge is 0.0675 e. The van der Waals surface area contributed by atoms with Crippen molar-refractivity contribution in [2.24, 2.45) is 7.05 Å². The van der Waals surface area contributed by atoms with Crippen molar-refractivity contribution >= 4 is 0 Å². The van der Waals surface area contributed by atoms with Crippen LogP contribution in [0.15, 0.2) is 12.3 Å². The molecule has 0 atom stereocenters. The van der Waals surface area contributed by atoms with Gasteiger partial charge in [-0.25, -0.2) is 0 Å². The fourth-order valence-corrected chi connectivity index (χ4v) is 2.54. The average molecular weight is 237 g/mol. The van der Waals surface area contributed by atoms with Gasteiger partial charge >= 0.3 is 0 Å². The first-order chi connectivity index (χ1) is 8.13. The first kappa shape index (κ1) is 12.6. The molecule has 0 radical (unpaired) electrons. The highest BCUT2D eigenvalue weighted by molar-refractivity contribution is 5.01. The highest BCUT2D eigenvalue weighted by atomic mass is 16.3. The molecule has 1 fully saturated rings. The van der Waals surface area contributed by atoms with E-state index >= 15 is 0 Å². The van der Waals surface area contributed by atoms with Crippen molar-refractivity contribution < 1.29 is 5.11 Å². The van der Waals surface area contributed by atoms with E-state index < -0.39 is 5.60 Å². The minimum atomic E-state index is -0.462. The van der Waals surface area contributed by atoms with Crippen molar-refractivity contribution in [3.8, 4) is 0 Å². The van der Waals surface area contributed by atoms with Gasteiger partial charge in [-0.3, -0.25) is 4.68 Å².